The third kappa shape index (κ3) is 20.0. The molecule has 0 fully saturated rings. The highest BCUT2D eigenvalue weighted by Crippen LogP contribution is 2.50. The molecular formula is C79H100S10. The van der Waals surface area contributed by atoms with E-state index in [0.29, 0.717) is 0 Å². The third-order valence-electron chi connectivity index (χ3n) is 17.7. The number of unbranched alkanes of at least 4 members (excludes halogenated alkanes) is 22. The first kappa shape index (κ1) is 68.8. The van der Waals surface area contributed by atoms with Crippen molar-refractivity contribution in [2.24, 2.45) is 0 Å². The molecule has 0 bridgehead atoms. The Balaban J connectivity index is 0.775. The van der Waals surface area contributed by atoms with E-state index in [0.717, 1.165) is 0 Å². The minimum atomic E-state index is 1.18. The molecule has 0 spiro atoms. The average Bonchev–Trinajstić information content (AvgIpc) is 2.15. The molecule has 0 aromatic carbocycles. The molecule has 10 heteroatoms. The van der Waals surface area contributed by atoms with E-state index in [1.165, 1.54) is 300 Å². The molecule has 89 heavy (non-hydrogen) atoms. The first-order valence-electron chi connectivity index (χ1n) is 34.8. The molecule has 0 amide bonds. The number of thiophene rings is 10. The fraction of sp³-hybridized carbons (Fsp3) is 0.494. The second-order valence-electron chi connectivity index (χ2n) is 25.2. The van der Waals surface area contributed by atoms with Crippen LogP contribution in [0.25, 0.3) is 78.0 Å². The van der Waals surface area contributed by atoms with Crippen LogP contribution in [0.4, 0.5) is 0 Å². The molecule has 0 aliphatic carbocycles. The maximum Gasteiger partial charge on any atom is 0.0481 e. The quantitative estimate of drug-likeness (QED) is 0.0335. The highest BCUT2D eigenvalue weighted by atomic mass is 32.1. The maximum absolute atomic E-state index is 2.59. The number of rotatable bonds is 42. The van der Waals surface area contributed by atoms with Gasteiger partial charge in [-0.15, -0.1) is 113 Å². The third-order valence-corrected chi connectivity index (χ3v) is 30.3. The standard InChI is InChI=1S/C79H100S10/c1-7-11-15-19-23-28-34-58-52-72(86-76(58)68-44-40-56(5)80-68)64-48-50-66(84-64)74-54-60(36-30-25-21-17-13-9-3)78(88-74)70-46-42-62(82-70)38-32-27-33-39-63-43-47-71(83-63)79-61(37-31-26-22-18-14-10-4)55-75(89-79)67-51-49-65(85-67)73-53-59(35-29-24-20-16-12-8-2)77(87-73)69-45-41-57(6)81-69/h40-55H,7-39H2,1-6H3. The van der Waals surface area contributed by atoms with Gasteiger partial charge in [0.1, 0.15) is 0 Å². The van der Waals surface area contributed by atoms with E-state index in [1.807, 2.05) is 68.0 Å². The average molecular weight is 1370 g/mol. The van der Waals surface area contributed by atoms with Gasteiger partial charge >= 0.3 is 0 Å². The second kappa shape index (κ2) is 36.6. The molecule has 10 rings (SSSR count). The molecule has 0 aliphatic heterocycles. The van der Waals surface area contributed by atoms with Gasteiger partial charge in [-0.1, -0.05) is 163 Å². The minimum Gasteiger partial charge on any atom is -0.140 e. The molecule has 10 heterocycles. The van der Waals surface area contributed by atoms with Crippen molar-refractivity contribution in [3.05, 3.63) is 139 Å². The van der Waals surface area contributed by atoms with Gasteiger partial charge in [0, 0.05) is 97.5 Å². The zero-order chi connectivity index (χ0) is 61.6. The Labute approximate surface area is 578 Å². The SMILES string of the molecule is CCCCCCCCc1cc(-c2ccc(-c3cc(CCCCCCCC)c(-c4ccc(CCCCCc5ccc(-c6sc(-c7ccc(-c8cc(CCCCCCCC)c(-c9ccc(C)s9)s8)s7)cc6CCCCCCCC)s5)s4)s3)s2)sc1-c1ccc(C)s1. The molecule has 0 N–H and O–H groups in total. The summed E-state index contributed by atoms with van der Waals surface area (Å²) in [5.41, 5.74) is 6.26. The van der Waals surface area contributed by atoms with Crippen LogP contribution in [0.15, 0.2) is 97.1 Å². The van der Waals surface area contributed by atoms with Crippen LogP contribution in [0, 0.1) is 13.8 Å². The van der Waals surface area contributed by atoms with Gasteiger partial charge in [0.2, 0.25) is 0 Å². The van der Waals surface area contributed by atoms with Crippen LogP contribution in [-0.4, -0.2) is 0 Å². The van der Waals surface area contributed by atoms with Crippen molar-refractivity contribution in [3.8, 4) is 78.0 Å². The van der Waals surface area contributed by atoms with Crippen LogP contribution < -0.4 is 0 Å². The van der Waals surface area contributed by atoms with E-state index >= 15 is 0 Å². The van der Waals surface area contributed by atoms with Crippen LogP contribution in [-0.2, 0) is 38.5 Å². The van der Waals surface area contributed by atoms with E-state index in [-0.39, 0.29) is 0 Å². The molecule has 0 aliphatic rings. The highest BCUT2D eigenvalue weighted by molar-refractivity contribution is 7.31. The predicted octanol–water partition coefficient (Wildman–Crippen LogP) is 30.8. The lowest BCUT2D eigenvalue weighted by molar-refractivity contribution is 0.608. The summed E-state index contributed by atoms with van der Waals surface area (Å²) in [6.07, 6.45) is 43.1. The van der Waals surface area contributed by atoms with Crippen LogP contribution >= 0.6 is 113 Å². The zero-order valence-corrected chi connectivity index (χ0v) is 62.8. The van der Waals surface area contributed by atoms with Crippen LogP contribution in [0.1, 0.15) is 243 Å². The highest BCUT2D eigenvalue weighted by Gasteiger charge is 2.22. The fourth-order valence-corrected chi connectivity index (χ4v) is 24.1. The Hall–Kier alpha value is -3.00. The predicted molar refractivity (Wildman–Crippen MR) is 414 cm³/mol. The number of hydrogen-bond donors (Lipinski definition) is 0. The van der Waals surface area contributed by atoms with Gasteiger partial charge < -0.3 is 0 Å². The smallest absolute Gasteiger partial charge is 0.0481 e. The summed E-state index contributed by atoms with van der Waals surface area (Å²) in [7, 11) is 0. The van der Waals surface area contributed by atoms with Crippen LogP contribution in [0.3, 0.4) is 0 Å². The summed E-state index contributed by atoms with van der Waals surface area (Å²) in [5, 5.41) is 0. The molecule has 0 saturated heterocycles. The van der Waals surface area contributed by atoms with Crippen molar-refractivity contribution in [3.63, 3.8) is 0 Å². The Bertz CT molecular complexity index is 3390. The Kier molecular flexibility index (Phi) is 28.3. The normalized spacial score (nSPS) is 11.8. The summed E-state index contributed by atoms with van der Waals surface area (Å²) in [6.45, 7) is 13.8. The van der Waals surface area contributed by atoms with Crippen LogP contribution in [0.2, 0.25) is 0 Å². The second-order valence-corrected chi connectivity index (χ2v) is 36.5. The van der Waals surface area contributed by atoms with Crippen molar-refractivity contribution in [2.75, 3.05) is 0 Å². The minimum absolute atomic E-state index is 1.18. The summed E-state index contributed by atoms with van der Waals surface area (Å²) in [5.74, 6) is 0. The lowest BCUT2D eigenvalue weighted by atomic mass is 10.0. The lowest BCUT2D eigenvalue weighted by Gasteiger charge is -2.03. The Morgan fingerprint density at radius 2 is 0.438 bits per heavy atom. The summed E-state index contributed by atoms with van der Waals surface area (Å²) in [6, 6.07) is 39.2. The summed E-state index contributed by atoms with van der Waals surface area (Å²) in [4.78, 5) is 29.3. The van der Waals surface area contributed by atoms with E-state index < -0.39 is 0 Å². The zero-order valence-electron chi connectivity index (χ0n) is 54.7. The molecule has 0 radical (unpaired) electrons. The van der Waals surface area contributed by atoms with Gasteiger partial charge in [0.15, 0.2) is 0 Å². The lowest BCUT2D eigenvalue weighted by Crippen LogP contribution is -1.86. The Morgan fingerprint density at radius 1 is 0.202 bits per heavy atom. The van der Waals surface area contributed by atoms with Crippen LogP contribution in [0.5, 0.6) is 0 Å². The van der Waals surface area contributed by atoms with Crippen molar-refractivity contribution in [1.82, 2.24) is 0 Å². The van der Waals surface area contributed by atoms with Crippen molar-refractivity contribution < 1.29 is 0 Å². The molecule has 476 valence electrons. The van der Waals surface area contributed by atoms with Gasteiger partial charge in [-0.2, -0.15) is 0 Å². The Morgan fingerprint density at radius 3 is 0.719 bits per heavy atom. The van der Waals surface area contributed by atoms with Gasteiger partial charge in [-0.05, 0) is 210 Å². The van der Waals surface area contributed by atoms with Gasteiger partial charge in [0.05, 0.1) is 0 Å². The summed E-state index contributed by atoms with van der Waals surface area (Å²) >= 11 is 20.3. The topological polar surface area (TPSA) is 0 Å². The molecule has 0 atom stereocenters. The van der Waals surface area contributed by atoms with Gasteiger partial charge in [0.25, 0.3) is 0 Å². The van der Waals surface area contributed by atoms with Crippen molar-refractivity contribution in [2.45, 2.75) is 253 Å². The van der Waals surface area contributed by atoms with E-state index in [1.54, 1.807) is 32.0 Å². The van der Waals surface area contributed by atoms with E-state index in [9.17, 15) is 0 Å². The largest absolute Gasteiger partial charge is 0.140 e. The number of hydrogen-bond acceptors (Lipinski definition) is 10. The molecule has 0 nitrogen and oxygen atoms in total. The first-order valence-corrected chi connectivity index (χ1v) is 43.0. The van der Waals surface area contributed by atoms with E-state index in [2.05, 4.69) is 184 Å². The first-order chi connectivity index (χ1) is 43.8. The molecule has 0 unspecified atom stereocenters. The number of aryl methyl sites for hydroxylation is 8. The molecule has 0 saturated carbocycles. The maximum atomic E-state index is 2.59. The molecular weight excluding hydrogens is 1270 g/mol. The van der Waals surface area contributed by atoms with E-state index in [4.69, 9.17) is 0 Å². The molecule has 10 aromatic rings. The summed E-state index contributed by atoms with van der Waals surface area (Å²) < 4.78 is 0. The van der Waals surface area contributed by atoms with Gasteiger partial charge in [-0.3, -0.25) is 0 Å². The molecule has 10 aromatic heterocycles. The van der Waals surface area contributed by atoms with Crippen molar-refractivity contribution >= 4 is 113 Å². The monoisotopic (exact) mass is 1370 g/mol. The van der Waals surface area contributed by atoms with Gasteiger partial charge in [-0.25, -0.2) is 0 Å². The van der Waals surface area contributed by atoms with Crippen molar-refractivity contribution in [1.29, 1.82) is 0 Å². The fourth-order valence-electron chi connectivity index (χ4n) is 12.5.